The zero-order chi connectivity index (χ0) is 23.8. The first kappa shape index (κ1) is 20.8. The first-order chi connectivity index (χ1) is 17.0. The maximum Gasteiger partial charge on any atom is 0.172 e. The molecule has 0 saturated heterocycles. The van der Waals surface area contributed by atoms with Gasteiger partial charge in [-0.1, -0.05) is 104 Å². The molecule has 0 bridgehead atoms. The predicted octanol–water partition coefficient (Wildman–Crippen LogP) is 5.61. The van der Waals surface area contributed by atoms with Crippen molar-refractivity contribution in [2.24, 2.45) is 0 Å². The number of aromatic nitrogens is 1. The molecule has 0 radical (unpaired) electrons. The molecule has 2 aliphatic heterocycles. The van der Waals surface area contributed by atoms with E-state index in [1.807, 2.05) is 30.3 Å². The molecule has 4 aromatic carbocycles. The summed E-state index contributed by atoms with van der Waals surface area (Å²) in [5.74, 6) is 0. The van der Waals surface area contributed by atoms with E-state index in [1.54, 1.807) is 6.20 Å². The smallest absolute Gasteiger partial charge is 0.172 e. The van der Waals surface area contributed by atoms with Gasteiger partial charge in [-0.25, -0.2) is 0 Å². The SMILES string of the molecule is C[Si]1(C)C2=C(c3ccccc31)c1ccccc1P(=O)(c1ccc3cccnc3c1)c1ccccc12. The number of fused-ring (bicyclic) bond motifs is 7. The number of hydrogen-bond donors (Lipinski definition) is 0. The maximum absolute atomic E-state index is 15.7. The molecule has 1 aromatic heterocycles. The molecular weight excluding hydrogens is 461 g/mol. The summed E-state index contributed by atoms with van der Waals surface area (Å²) in [7, 11) is -5.21. The first-order valence-electron chi connectivity index (χ1n) is 12.0. The molecule has 0 spiro atoms. The second-order valence-electron chi connectivity index (χ2n) is 9.94. The molecule has 3 heterocycles. The summed E-state index contributed by atoms with van der Waals surface area (Å²) in [5.41, 5.74) is 5.71. The lowest BCUT2D eigenvalue weighted by molar-refractivity contribution is 0.592. The predicted molar refractivity (Wildman–Crippen MR) is 151 cm³/mol. The average Bonchev–Trinajstić information content (AvgIpc) is 3.08. The Morgan fingerprint density at radius 2 is 1.34 bits per heavy atom. The van der Waals surface area contributed by atoms with Gasteiger partial charge in [-0.2, -0.15) is 0 Å². The highest BCUT2D eigenvalue weighted by Gasteiger charge is 2.47. The third-order valence-corrected chi connectivity index (χ3v) is 14.4. The van der Waals surface area contributed by atoms with Gasteiger partial charge in [0, 0.05) is 27.5 Å². The fourth-order valence-corrected chi connectivity index (χ4v) is 12.8. The van der Waals surface area contributed by atoms with Crippen molar-refractivity contribution < 1.29 is 4.57 Å². The number of hydrogen-bond acceptors (Lipinski definition) is 2. The lowest BCUT2D eigenvalue weighted by Gasteiger charge is -2.27. The van der Waals surface area contributed by atoms with Crippen LogP contribution in [0.4, 0.5) is 0 Å². The van der Waals surface area contributed by atoms with Crippen LogP contribution in [0.2, 0.25) is 13.1 Å². The number of pyridine rings is 1. The molecule has 2 nitrogen and oxygen atoms in total. The Labute approximate surface area is 206 Å². The molecule has 0 saturated carbocycles. The van der Waals surface area contributed by atoms with Gasteiger partial charge in [0.1, 0.15) is 8.07 Å². The van der Waals surface area contributed by atoms with Crippen molar-refractivity contribution in [1.29, 1.82) is 0 Å². The fraction of sp³-hybridized carbons (Fsp3) is 0.0645. The molecule has 5 aromatic rings. The van der Waals surface area contributed by atoms with Crippen LogP contribution < -0.4 is 21.1 Å². The molecule has 0 fully saturated rings. The van der Waals surface area contributed by atoms with Crippen molar-refractivity contribution in [2.75, 3.05) is 0 Å². The Hall–Kier alpha value is -3.52. The van der Waals surface area contributed by atoms with Gasteiger partial charge in [-0.3, -0.25) is 4.98 Å². The zero-order valence-electron chi connectivity index (χ0n) is 19.7. The van der Waals surface area contributed by atoms with Crippen LogP contribution >= 0.6 is 7.14 Å². The van der Waals surface area contributed by atoms with Crippen LogP contribution in [0.1, 0.15) is 16.7 Å². The second-order valence-corrected chi connectivity index (χ2v) is 16.9. The van der Waals surface area contributed by atoms with Crippen LogP contribution in [-0.2, 0) is 4.57 Å². The van der Waals surface area contributed by atoms with E-state index in [9.17, 15) is 0 Å². The van der Waals surface area contributed by atoms with E-state index in [4.69, 9.17) is 0 Å². The molecule has 1 atom stereocenters. The zero-order valence-corrected chi connectivity index (χ0v) is 21.6. The molecule has 35 heavy (non-hydrogen) atoms. The molecular formula is C31H24NOPSi. The Balaban J connectivity index is 1.65. The largest absolute Gasteiger partial charge is 0.309 e. The van der Waals surface area contributed by atoms with Crippen molar-refractivity contribution in [3.63, 3.8) is 0 Å². The standard InChI is InChI=1S/C31H24NOPSi/c1-35(2)29-16-8-5-13-25(29)30-23-11-3-6-14-27(23)34(33,28-15-7-4-12-24(28)31(30)35)22-18-17-21-10-9-19-32-26(21)20-22/h3-20H,1-2H3. The summed E-state index contributed by atoms with van der Waals surface area (Å²) in [6.07, 6.45) is 1.80. The molecule has 0 amide bonds. The molecule has 1 unspecified atom stereocenters. The lowest BCUT2D eigenvalue weighted by Crippen LogP contribution is -2.42. The third kappa shape index (κ3) is 2.71. The minimum atomic E-state index is -3.18. The van der Waals surface area contributed by atoms with E-state index in [-0.39, 0.29) is 0 Å². The van der Waals surface area contributed by atoms with Gasteiger partial charge in [-0.05, 0) is 44.8 Å². The second kappa shape index (κ2) is 7.24. The van der Waals surface area contributed by atoms with Gasteiger partial charge in [0.25, 0.3) is 0 Å². The highest BCUT2D eigenvalue weighted by Crippen LogP contribution is 2.53. The van der Waals surface area contributed by atoms with Crippen molar-refractivity contribution in [3.8, 4) is 0 Å². The monoisotopic (exact) mass is 485 g/mol. The van der Waals surface area contributed by atoms with Crippen LogP contribution in [0.3, 0.4) is 0 Å². The summed E-state index contributed by atoms with van der Waals surface area (Å²) >= 11 is 0. The van der Waals surface area contributed by atoms with E-state index in [0.29, 0.717) is 0 Å². The topological polar surface area (TPSA) is 30.0 Å². The first-order valence-corrected chi connectivity index (χ1v) is 16.7. The number of benzene rings is 4. The van der Waals surface area contributed by atoms with Crippen molar-refractivity contribution in [2.45, 2.75) is 13.1 Å². The molecule has 2 aliphatic rings. The summed E-state index contributed by atoms with van der Waals surface area (Å²) in [6.45, 7) is 4.87. The number of rotatable bonds is 1. The van der Waals surface area contributed by atoms with Crippen LogP contribution in [0.5, 0.6) is 0 Å². The molecule has 7 rings (SSSR count). The Kier molecular flexibility index (Phi) is 4.31. The fourth-order valence-electron chi connectivity index (χ4n) is 6.16. The van der Waals surface area contributed by atoms with E-state index in [0.717, 1.165) is 37.9 Å². The highest BCUT2D eigenvalue weighted by atomic mass is 31.2. The van der Waals surface area contributed by atoms with Crippen LogP contribution in [0.15, 0.2) is 109 Å². The average molecular weight is 486 g/mol. The molecule has 0 aliphatic carbocycles. The number of nitrogens with zero attached hydrogens (tertiary/aromatic N) is 1. The lowest BCUT2D eigenvalue weighted by atomic mass is 9.96. The van der Waals surface area contributed by atoms with E-state index >= 15 is 4.57 Å². The summed E-state index contributed by atoms with van der Waals surface area (Å²) in [6, 6.07) is 35.8. The van der Waals surface area contributed by atoms with Crippen LogP contribution in [0, 0.1) is 0 Å². The summed E-state index contributed by atoms with van der Waals surface area (Å²) in [5, 5.41) is 6.63. The quantitative estimate of drug-likeness (QED) is 0.228. The normalized spacial score (nSPS) is 19.5. The molecule has 168 valence electrons. The minimum absolute atomic E-state index is 0.845. The highest BCUT2D eigenvalue weighted by molar-refractivity contribution is 7.85. The van der Waals surface area contributed by atoms with E-state index < -0.39 is 15.2 Å². The molecule has 4 heteroatoms. The minimum Gasteiger partial charge on any atom is -0.309 e. The maximum atomic E-state index is 15.7. The Morgan fingerprint density at radius 3 is 2.14 bits per heavy atom. The Morgan fingerprint density at radius 1 is 0.686 bits per heavy atom. The van der Waals surface area contributed by atoms with Gasteiger partial charge >= 0.3 is 0 Å². The van der Waals surface area contributed by atoms with Gasteiger partial charge < -0.3 is 4.57 Å². The van der Waals surface area contributed by atoms with Gasteiger partial charge in [-0.15, -0.1) is 0 Å². The van der Waals surface area contributed by atoms with Crippen molar-refractivity contribution in [3.05, 3.63) is 126 Å². The van der Waals surface area contributed by atoms with Crippen molar-refractivity contribution >= 4 is 58.0 Å². The summed E-state index contributed by atoms with van der Waals surface area (Å²) in [4.78, 5) is 4.59. The third-order valence-electron chi connectivity index (χ3n) is 7.72. The van der Waals surface area contributed by atoms with Gasteiger partial charge in [0.05, 0.1) is 5.52 Å². The van der Waals surface area contributed by atoms with Crippen LogP contribution in [0.25, 0.3) is 21.7 Å². The van der Waals surface area contributed by atoms with E-state index in [1.165, 1.54) is 21.5 Å². The van der Waals surface area contributed by atoms with Gasteiger partial charge in [0.15, 0.2) is 7.14 Å². The van der Waals surface area contributed by atoms with Crippen LogP contribution in [-0.4, -0.2) is 13.1 Å². The summed E-state index contributed by atoms with van der Waals surface area (Å²) < 4.78 is 15.7. The van der Waals surface area contributed by atoms with Gasteiger partial charge in [0.2, 0.25) is 0 Å². The van der Waals surface area contributed by atoms with E-state index in [2.05, 4.69) is 90.9 Å². The Bertz CT molecular complexity index is 1770. The molecule has 0 N–H and O–H groups in total. The van der Waals surface area contributed by atoms with Crippen molar-refractivity contribution in [1.82, 2.24) is 4.98 Å².